The zero-order valence-corrected chi connectivity index (χ0v) is 22.7. The molecule has 1 aromatic carbocycles. The molecule has 0 radical (unpaired) electrons. The Morgan fingerprint density at radius 2 is 1.89 bits per heavy atom. The molecule has 8 nitrogen and oxygen atoms in total. The summed E-state index contributed by atoms with van der Waals surface area (Å²) in [4.78, 5) is 26.9. The molecule has 1 saturated heterocycles. The van der Waals surface area contributed by atoms with Crippen LogP contribution in [0, 0.1) is 0 Å². The van der Waals surface area contributed by atoms with Crippen LogP contribution < -0.4 is 10.2 Å². The predicted octanol–water partition coefficient (Wildman–Crippen LogP) is 5.74. The Kier molecular flexibility index (Phi) is 7.05. The van der Waals surface area contributed by atoms with E-state index >= 15 is 0 Å². The number of likely N-dealkylation sites (N-methyl/N-ethyl adjacent to an activating group) is 1. The Morgan fingerprint density at radius 3 is 2.59 bits per heavy atom. The summed E-state index contributed by atoms with van der Waals surface area (Å²) in [5, 5.41) is 5.28. The Hall–Kier alpha value is -3.23. The van der Waals surface area contributed by atoms with Crippen LogP contribution in [0.3, 0.4) is 0 Å². The van der Waals surface area contributed by atoms with Gasteiger partial charge >= 0.3 is 6.09 Å². The van der Waals surface area contributed by atoms with Gasteiger partial charge in [-0.05, 0) is 70.1 Å². The SMILES string of the molecule is CN1CCN(c2cc(Cl)cc(Nc3ccnc4[nH]c(C5=CCN(C(=O)OC(C)(C)C)CC5)cc34)c2)CC1. The first kappa shape index (κ1) is 25.4. The van der Waals surface area contributed by atoms with E-state index in [0.717, 1.165) is 66.4 Å². The van der Waals surface area contributed by atoms with Crippen molar-refractivity contribution in [3.8, 4) is 0 Å². The fraction of sp³-hybridized carbons (Fsp3) is 0.429. The first-order valence-corrected chi connectivity index (χ1v) is 13.2. The molecule has 37 heavy (non-hydrogen) atoms. The van der Waals surface area contributed by atoms with Gasteiger partial charge in [0.1, 0.15) is 11.2 Å². The maximum absolute atomic E-state index is 12.4. The van der Waals surface area contributed by atoms with Crippen molar-refractivity contribution in [2.45, 2.75) is 32.8 Å². The van der Waals surface area contributed by atoms with Gasteiger partial charge in [-0.3, -0.25) is 0 Å². The average Bonchev–Trinajstić information content (AvgIpc) is 3.29. The number of nitrogens with zero attached hydrogens (tertiary/aromatic N) is 4. The van der Waals surface area contributed by atoms with E-state index in [2.05, 4.69) is 50.3 Å². The quantitative estimate of drug-likeness (QED) is 0.455. The number of nitrogens with one attached hydrogen (secondary N) is 2. The molecule has 1 amide bonds. The molecule has 0 spiro atoms. The molecule has 0 saturated carbocycles. The molecule has 2 aromatic heterocycles. The Balaban J connectivity index is 1.34. The molecular weight excluding hydrogens is 488 g/mol. The van der Waals surface area contributed by atoms with E-state index in [4.69, 9.17) is 16.3 Å². The molecule has 0 atom stereocenters. The second-order valence-electron chi connectivity index (χ2n) is 10.8. The van der Waals surface area contributed by atoms with Crippen LogP contribution in [0.5, 0.6) is 0 Å². The van der Waals surface area contributed by atoms with Gasteiger partial charge in [-0.15, -0.1) is 0 Å². The van der Waals surface area contributed by atoms with Crippen LogP contribution in [0.4, 0.5) is 21.9 Å². The minimum absolute atomic E-state index is 0.273. The van der Waals surface area contributed by atoms with Crippen molar-refractivity contribution < 1.29 is 9.53 Å². The van der Waals surface area contributed by atoms with Gasteiger partial charge in [0.05, 0.1) is 5.69 Å². The molecule has 0 unspecified atom stereocenters. The zero-order chi connectivity index (χ0) is 26.2. The number of hydrogen-bond donors (Lipinski definition) is 2. The van der Waals surface area contributed by atoms with E-state index in [-0.39, 0.29) is 6.09 Å². The predicted molar refractivity (Wildman–Crippen MR) is 151 cm³/mol. The van der Waals surface area contributed by atoms with Gasteiger partial charge < -0.3 is 29.7 Å². The van der Waals surface area contributed by atoms with Crippen molar-refractivity contribution in [1.29, 1.82) is 0 Å². The molecule has 0 aliphatic carbocycles. The summed E-state index contributed by atoms with van der Waals surface area (Å²) in [6.45, 7) is 10.8. The van der Waals surface area contributed by atoms with Crippen LogP contribution >= 0.6 is 11.6 Å². The van der Waals surface area contributed by atoms with Crippen molar-refractivity contribution >= 4 is 51.4 Å². The molecule has 2 aliphatic rings. The van der Waals surface area contributed by atoms with Gasteiger partial charge in [-0.25, -0.2) is 9.78 Å². The number of fused-ring (bicyclic) bond motifs is 1. The number of halogens is 1. The molecule has 9 heteroatoms. The first-order valence-electron chi connectivity index (χ1n) is 12.8. The summed E-state index contributed by atoms with van der Waals surface area (Å²) in [6.07, 6.45) is 4.36. The largest absolute Gasteiger partial charge is 0.444 e. The maximum Gasteiger partial charge on any atom is 0.410 e. The number of rotatable bonds is 4. The number of hydrogen-bond acceptors (Lipinski definition) is 6. The number of carbonyl (C=O) groups is 1. The third kappa shape index (κ3) is 6.02. The van der Waals surface area contributed by atoms with E-state index < -0.39 is 5.60 Å². The van der Waals surface area contributed by atoms with Crippen molar-refractivity contribution in [3.63, 3.8) is 0 Å². The third-order valence-corrected chi connectivity index (χ3v) is 6.99. The Morgan fingerprint density at radius 1 is 1.11 bits per heavy atom. The summed E-state index contributed by atoms with van der Waals surface area (Å²) >= 11 is 6.52. The van der Waals surface area contributed by atoms with Crippen LogP contribution in [-0.4, -0.2) is 77.8 Å². The maximum atomic E-state index is 12.4. The van der Waals surface area contributed by atoms with Gasteiger partial charge in [-0.1, -0.05) is 17.7 Å². The number of anilines is 3. The van der Waals surface area contributed by atoms with Crippen molar-refractivity contribution in [2.24, 2.45) is 0 Å². The minimum Gasteiger partial charge on any atom is -0.444 e. The summed E-state index contributed by atoms with van der Waals surface area (Å²) < 4.78 is 5.52. The van der Waals surface area contributed by atoms with E-state index in [1.165, 1.54) is 5.57 Å². The smallest absolute Gasteiger partial charge is 0.410 e. The van der Waals surface area contributed by atoms with Gasteiger partial charge in [-0.2, -0.15) is 0 Å². The second-order valence-corrected chi connectivity index (χ2v) is 11.3. The molecule has 2 aliphatic heterocycles. The number of aromatic amines is 1. The average molecular weight is 523 g/mol. The van der Waals surface area contributed by atoms with Gasteiger partial charge in [0.25, 0.3) is 0 Å². The van der Waals surface area contributed by atoms with Crippen LogP contribution in [-0.2, 0) is 4.74 Å². The van der Waals surface area contributed by atoms with E-state index in [1.807, 2.05) is 39.0 Å². The zero-order valence-electron chi connectivity index (χ0n) is 22.0. The summed E-state index contributed by atoms with van der Waals surface area (Å²) in [7, 11) is 2.16. The van der Waals surface area contributed by atoms with Crippen molar-refractivity contribution in [2.75, 3.05) is 56.5 Å². The normalized spacial score (nSPS) is 17.2. The summed E-state index contributed by atoms with van der Waals surface area (Å²) in [6, 6.07) is 10.3. The topological polar surface area (TPSA) is 76.7 Å². The highest BCUT2D eigenvalue weighted by Crippen LogP contribution is 2.33. The van der Waals surface area contributed by atoms with Crippen LogP contribution in [0.2, 0.25) is 5.02 Å². The van der Waals surface area contributed by atoms with Crippen molar-refractivity contribution in [3.05, 3.63) is 53.3 Å². The molecule has 196 valence electrons. The molecule has 0 bridgehead atoms. The molecular formula is C28H35ClN6O2. The van der Waals surface area contributed by atoms with Gasteiger partial charge in [0.15, 0.2) is 0 Å². The first-order chi connectivity index (χ1) is 17.6. The minimum atomic E-state index is -0.498. The number of H-pyrrole nitrogens is 1. The van der Waals surface area contributed by atoms with E-state index in [9.17, 15) is 4.79 Å². The highest BCUT2D eigenvalue weighted by atomic mass is 35.5. The van der Waals surface area contributed by atoms with E-state index in [1.54, 1.807) is 11.1 Å². The standard InChI is InChI=1S/C28H35ClN6O2/c1-28(2,3)37-27(36)35-9-6-19(7-10-35)25-18-23-24(5-8-30-26(23)32-25)31-21-15-20(29)16-22(17-21)34-13-11-33(4)12-14-34/h5-6,8,15-18H,7,9-14H2,1-4H3,(H2,30,31,32). The molecule has 2 N–H and O–H groups in total. The Labute approximate surface area is 223 Å². The highest BCUT2D eigenvalue weighted by molar-refractivity contribution is 6.31. The second kappa shape index (κ2) is 10.3. The Bertz CT molecular complexity index is 1320. The summed E-state index contributed by atoms with van der Waals surface area (Å²) in [5.74, 6) is 0. The molecule has 1 fully saturated rings. The number of aromatic nitrogens is 2. The lowest BCUT2D eigenvalue weighted by Crippen LogP contribution is -2.44. The van der Waals surface area contributed by atoms with Crippen LogP contribution in [0.15, 0.2) is 42.6 Å². The lowest BCUT2D eigenvalue weighted by molar-refractivity contribution is 0.0270. The van der Waals surface area contributed by atoms with Gasteiger partial charge in [0, 0.05) is 72.9 Å². The van der Waals surface area contributed by atoms with Gasteiger partial charge in [0.2, 0.25) is 0 Å². The number of carbonyl (C=O) groups excluding carboxylic acids is 1. The molecule has 5 rings (SSSR count). The van der Waals surface area contributed by atoms with Crippen LogP contribution in [0.25, 0.3) is 16.6 Å². The molecule has 4 heterocycles. The number of ether oxygens (including phenoxy) is 1. The highest BCUT2D eigenvalue weighted by Gasteiger charge is 2.24. The van der Waals surface area contributed by atoms with Crippen LogP contribution in [0.1, 0.15) is 32.9 Å². The monoisotopic (exact) mass is 522 g/mol. The fourth-order valence-corrected chi connectivity index (χ4v) is 4.99. The van der Waals surface area contributed by atoms with Crippen molar-refractivity contribution in [1.82, 2.24) is 19.8 Å². The number of piperazine rings is 1. The number of amides is 1. The number of pyridine rings is 1. The van der Waals surface area contributed by atoms with E-state index in [0.29, 0.717) is 18.1 Å². The summed E-state index contributed by atoms with van der Waals surface area (Å²) in [5.41, 5.74) is 5.55. The number of benzene rings is 1. The third-order valence-electron chi connectivity index (χ3n) is 6.77. The fourth-order valence-electron chi connectivity index (χ4n) is 4.76. The lowest BCUT2D eigenvalue weighted by Gasteiger charge is -2.34. The lowest BCUT2D eigenvalue weighted by atomic mass is 10.0. The molecule has 3 aromatic rings.